The summed E-state index contributed by atoms with van der Waals surface area (Å²) in [4.78, 5) is 6.61. The number of hydrogen-bond acceptors (Lipinski definition) is 3. The van der Waals surface area contributed by atoms with Crippen LogP contribution in [0.1, 0.15) is 29.9 Å². The Morgan fingerprint density at radius 2 is 1.85 bits per heavy atom. The molecule has 100 valence electrons. The monoisotopic (exact) mass is 263 g/mol. The van der Waals surface area contributed by atoms with Crippen molar-refractivity contribution in [1.29, 1.82) is 5.26 Å². The van der Waals surface area contributed by atoms with E-state index >= 15 is 0 Å². The van der Waals surface area contributed by atoms with Crippen LogP contribution in [-0.4, -0.2) is 18.1 Å². The highest BCUT2D eigenvalue weighted by molar-refractivity contribution is 5.50. The lowest BCUT2D eigenvalue weighted by Gasteiger charge is -2.33. The number of aromatic nitrogens is 1. The Bertz CT molecular complexity index is 590. The standard InChI is InChI=1S/C17H17N3/c18-12-14-3-5-17(6-4-14)20-10-7-15(8-11-20)16-2-1-9-19-13-16/h1-6,9,13,15H,7-8,10-11H2. The molecule has 0 spiro atoms. The smallest absolute Gasteiger partial charge is 0.0991 e. The quantitative estimate of drug-likeness (QED) is 0.834. The number of benzene rings is 1. The average Bonchev–Trinajstić information content (AvgIpc) is 2.56. The van der Waals surface area contributed by atoms with Gasteiger partial charge in [-0.3, -0.25) is 4.98 Å². The highest BCUT2D eigenvalue weighted by atomic mass is 15.1. The molecule has 0 atom stereocenters. The van der Waals surface area contributed by atoms with Gasteiger partial charge in [0.25, 0.3) is 0 Å². The first kappa shape index (κ1) is 12.7. The molecule has 0 unspecified atom stereocenters. The topological polar surface area (TPSA) is 39.9 Å². The Kier molecular flexibility index (Phi) is 3.64. The van der Waals surface area contributed by atoms with Crippen LogP contribution in [0, 0.1) is 11.3 Å². The van der Waals surface area contributed by atoms with Crippen molar-refractivity contribution in [1.82, 2.24) is 4.98 Å². The summed E-state index contributed by atoms with van der Waals surface area (Å²) in [6.07, 6.45) is 6.13. The zero-order valence-corrected chi connectivity index (χ0v) is 11.4. The number of pyridine rings is 1. The van der Waals surface area contributed by atoms with E-state index in [9.17, 15) is 0 Å². The highest BCUT2D eigenvalue weighted by Crippen LogP contribution is 2.29. The summed E-state index contributed by atoms with van der Waals surface area (Å²) >= 11 is 0. The van der Waals surface area contributed by atoms with Crippen LogP contribution in [0.3, 0.4) is 0 Å². The fourth-order valence-corrected chi connectivity index (χ4v) is 2.84. The van der Waals surface area contributed by atoms with Crippen LogP contribution in [0.4, 0.5) is 5.69 Å². The molecule has 2 aromatic rings. The van der Waals surface area contributed by atoms with Gasteiger partial charge in [-0.25, -0.2) is 0 Å². The minimum atomic E-state index is 0.623. The number of nitriles is 1. The molecular weight excluding hydrogens is 246 g/mol. The number of rotatable bonds is 2. The fraction of sp³-hybridized carbons (Fsp3) is 0.294. The second-order valence-electron chi connectivity index (χ2n) is 5.21. The van der Waals surface area contributed by atoms with Crippen LogP contribution in [-0.2, 0) is 0 Å². The first-order valence-corrected chi connectivity index (χ1v) is 7.02. The summed E-state index contributed by atoms with van der Waals surface area (Å²) in [7, 11) is 0. The Morgan fingerprint density at radius 3 is 2.45 bits per heavy atom. The fourth-order valence-electron chi connectivity index (χ4n) is 2.84. The maximum atomic E-state index is 8.83. The maximum Gasteiger partial charge on any atom is 0.0991 e. The van der Waals surface area contributed by atoms with Crippen molar-refractivity contribution in [3.8, 4) is 6.07 Å². The van der Waals surface area contributed by atoms with Crippen molar-refractivity contribution in [2.24, 2.45) is 0 Å². The Morgan fingerprint density at radius 1 is 1.10 bits per heavy atom. The van der Waals surface area contributed by atoms with Crippen LogP contribution >= 0.6 is 0 Å². The first-order valence-electron chi connectivity index (χ1n) is 7.02. The molecule has 0 aliphatic carbocycles. The van der Waals surface area contributed by atoms with Gasteiger partial charge in [0.2, 0.25) is 0 Å². The third kappa shape index (κ3) is 2.65. The molecule has 3 nitrogen and oxygen atoms in total. The SMILES string of the molecule is N#Cc1ccc(N2CCC(c3cccnc3)CC2)cc1. The first-order chi connectivity index (χ1) is 9.86. The molecule has 1 aliphatic heterocycles. The number of hydrogen-bond donors (Lipinski definition) is 0. The molecule has 3 heteroatoms. The molecule has 0 amide bonds. The molecule has 0 radical (unpaired) electrons. The molecule has 2 heterocycles. The van der Waals surface area contributed by atoms with Gasteiger partial charge >= 0.3 is 0 Å². The zero-order valence-electron chi connectivity index (χ0n) is 11.4. The van der Waals surface area contributed by atoms with Gasteiger partial charge in [-0.2, -0.15) is 5.26 Å². The summed E-state index contributed by atoms with van der Waals surface area (Å²) < 4.78 is 0. The second-order valence-corrected chi connectivity index (χ2v) is 5.21. The van der Waals surface area contributed by atoms with Crippen molar-refractivity contribution in [3.63, 3.8) is 0 Å². The molecule has 1 aromatic heterocycles. The lowest BCUT2D eigenvalue weighted by atomic mass is 9.90. The summed E-state index contributed by atoms with van der Waals surface area (Å²) in [5.41, 5.74) is 3.29. The van der Waals surface area contributed by atoms with E-state index < -0.39 is 0 Å². The van der Waals surface area contributed by atoms with Crippen molar-refractivity contribution < 1.29 is 0 Å². The van der Waals surface area contributed by atoms with E-state index in [-0.39, 0.29) is 0 Å². The van der Waals surface area contributed by atoms with E-state index in [0.717, 1.165) is 31.5 Å². The minimum Gasteiger partial charge on any atom is -0.371 e. The van der Waals surface area contributed by atoms with Gasteiger partial charge in [-0.05, 0) is 54.7 Å². The molecule has 0 N–H and O–H groups in total. The van der Waals surface area contributed by atoms with Gasteiger partial charge in [0.15, 0.2) is 0 Å². The number of anilines is 1. The zero-order chi connectivity index (χ0) is 13.8. The summed E-state index contributed by atoms with van der Waals surface area (Å²) in [6, 6.07) is 14.2. The van der Waals surface area contributed by atoms with Gasteiger partial charge in [-0.15, -0.1) is 0 Å². The Labute approximate surface area is 119 Å². The van der Waals surface area contributed by atoms with Gasteiger partial charge in [0.05, 0.1) is 11.6 Å². The molecule has 20 heavy (non-hydrogen) atoms. The molecule has 3 rings (SSSR count). The van der Waals surface area contributed by atoms with Gasteiger partial charge in [0.1, 0.15) is 0 Å². The van der Waals surface area contributed by atoms with Crippen molar-refractivity contribution in [3.05, 3.63) is 59.9 Å². The number of nitrogens with zero attached hydrogens (tertiary/aromatic N) is 3. The molecule has 1 aliphatic rings. The molecule has 0 saturated carbocycles. The van der Waals surface area contributed by atoms with Crippen LogP contribution in [0.2, 0.25) is 0 Å². The van der Waals surface area contributed by atoms with E-state index in [0.29, 0.717) is 5.92 Å². The van der Waals surface area contributed by atoms with Crippen molar-refractivity contribution in [2.45, 2.75) is 18.8 Å². The van der Waals surface area contributed by atoms with E-state index in [1.165, 1.54) is 11.3 Å². The molecule has 1 saturated heterocycles. The van der Waals surface area contributed by atoms with E-state index in [1.54, 1.807) is 0 Å². The number of piperidine rings is 1. The second kappa shape index (κ2) is 5.75. The van der Waals surface area contributed by atoms with Crippen molar-refractivity contribution >= 4 is 5.69 Å². The van der Waals surface area contributed by atoms with Gasteiger partial charge in [-0.1, -0.05) is 6.07 Å². The lowest BCUT2D eigenvalue weighted by Crippen LogP contribution is -2.32. The largest absolute Gasteiger partial charge is 0.371 e. The van der Waals surface area contributed by atoms with E-state index in [1.807, 2.05) is 42.7 Å². The molecule has 1 fully saturated rings. The third-order valence-corrected chi connectivity index (χ3v) is 4.01. The van der Waals surface area contributed by atoms with E-state index in [2.05, 4.69) is 22.0 Å². The highest BCUT2D eigenvalue weighted by Gasteiger charge is 2.20. The van der Waals surface area contributed by atoms with Crippen LogP contribution in [0.15, 0.2) is 48.8 Å². The predicted molar refractivity (Wildman–Crippen MR) is 79.6 cm³/mol. The van der Waals surface area contributed by atoms with Crippen molar-refractivity contribution in [2.75, 3.05) is 18.0 Å². The van der Waals surface area contributed by atoms with Crippen LogP contribution < -0.4 is 4.90 Å². The van der Waals surface area contributed by atoms with Crippen LogP contribution in [0.5, 0.6) is 0 Å². The Balaban J connectivity index is 1.65. The molecule has 1 aromatic carbocycles. The van der Waals surface area contributed by atoms with Gasteiger partial charge in [0, 0.05) is 31.2 Å². The summed E-state index contributed by atoms with van der Waals surface area (Å²) in [5, 5.41) is 8.83. The summed E-state index contributed by atoms with van der Waals surface area (Å²) in [6.45, 7) is 2.12. The summed E-state index contributed by atoms with van der Waals surface area (Å²) in [5.74, 6) is 0.623. The molecule has 0 bridgehead atoms. The van der Waals surface area contributed by atoms with E-state index in [4.69, 9.17) is 5.26 Å². The van der Waals surface area contributed by atoms with Gasteiger partial charge < -0.3 is 4.90 Å². The Hall–Kier alpha value is -2.34. The average molecular weight is 263 g/mol. The normalized spacial score (nSPS) is 15.8. The van der Waals surface area contributed by atoms with Crippen LogP contribution in [0.25, 0.3) is 0 Å². The third-order valence-electron chi connectivity index (χ3n) is 4.01. The predicted octanol–water partition coefficient (Wildman–Crippen LogP) is 3.34. The maximum absolute atomic E-state index is 8.83. The lowest BCUT2D eigenvalue weighted by molar-refractivity contribution is 0.504. The molecular formula is C17H17N3. The minimum absolute atomic E-state index is 0.623.